The number of rotatable bonds is 6. The van der Waals surface area contributed by atoms with Gasteiger partial charge in [0.2, 0.25) is 0 Å². The number of carbonyl (C=O) groups is 1. The summed E-state index contributed by atoms with van der Waals surface area (Å²) in [6.45, 7) is 5.64. The summed E-state index contributed by atoms with van der Waals surface area (Å²) in [5.74, 6) is 1.32. The van der Waals surface area contributed by atoms with E-state index in [1.54, 1.807) is 12.1 Å². The van der Waals surface area contributed by atoms with E-state index in [2.05, 4.69) is 0 Å². The minimum atomic E-state index is -0.638. The first kappa shape index (κ1) is 20.7. The molecule has 5 heteroatoms. The van der Waals surface area contributed by atoms with Crippen LogP contribution in [-0.2, 0) is 6.61 Å². The number of ether oxygens (including phenoxy) is 1. The number of hydrogen-bond donors (Lipinski definition) is 1. The molecule has 0 saturated carbocycles. The lowest BCUT2D eigenvalue weighted by Gasteiger charge is -2.34. The number of halogens is 1. The summed E-state index contributed by atoms with van der Waals surface area (Å²) in [5, 5.41) is 10.7. The van der Waals surface area contributed by atoms with Gasteiger partial charge < -0.3 is 14.7 Å². The summed E-state index contributed by atoms with van der Waals surface area (Å²) >= 11 is 5.87. The van der Waals surface area contributed by atoms with Gasteiger partial charge in [0, 0.05) is 23.7 Å². The Kier molecular flexibility index (Phi) is 6.63. The predicted molar refractivity (Wildman–Crippen MR) is 112 cm³/mol. The van der Waals surface area contributed by atoms with Crippen molar-refractivity contribution in [2.75, 3.05) is 13.1 Å². The van der Waals surface area contributed by atoms with E-state index in [4.69, 9.17) is 16.3 Å². The molecule has 3 rings (SSSR count). The summed E-state index contributed by atoms with van der Waals surface area (Å²) in [7, 11) is 0. The van der Waals surface area contributed by atoms with Gasteiger partial charge in [0.05, 0.1) is 5.60 Å². The van der Waals surface area contributed by atoms with Gasteiger partial charge in [-0.15, -0.1) is 0 Å². The van der Waals surface area contributed by atoms with Crippen LogP contribution in [0.1, 0.15) is 49.0 Å². The van der Waals surface area contributed by atoms with Crippen LogP contribution in [-0.4, -0.2) is 34.6 Å². The van der Waals surface area contributed by atoms with Gasteiger partial charge in [-0.05, 0) is 81.0 Å². The number of aliphatic hydroxyl groups is 1. The highest BCUT2D eigenvalue weighted by Gasteiger charge is 2.27. The molecule has 0 aromatic heterocycles. The Hall–Kier alpha value is -2.04. The largest absolute Gasteiger partial charge is 0.489 e. The Balaban J connectivity index is 1.50. The number of nitrogens with zero attached hydrogens (tertiary/aromatic N) is 1. The normalized spacial score (nSPS) is 15.5. The van der Waals surface area contributed by atoms with E-state index in [0.29, 0.717) is 23.1 Å². The Bertz CT molecular complexity index is 773. The van der Waals surface area contributed by atoms with Crippen LogP contribution in [0, 0.1) is 5.92 Å². The lowest BCUT2D eigenvalue weighted by molar-refractivity contribution is 0.0358. The second-order valence-corrected chi connectivity index (χ2v) is 8.63. The average molecular weight is 402 g/mol. The molecule has 0 unspecified atom stereocenters. The Morgan fingerprint density at radius 3 is 2.29 bits per heavy atom. The molecule has 1 saturated heterocycles. The molecule has 1 aliphatic rings. The summed E-state index contributed by atoms with van der Waals surface area (Å²) in [5.41, 5.74) is 1.08. The number of likely N-dealkylation sites (tertiary alicyclic amines) is 1. The van der Waals surface area contributed by atoms with Gasteiger partial charge in [-0.25, -0.2) is 0 Å². The van der Waals surface area contributed by atoms with Gasteiger partial charge in [0.15, 0.2) is 0 Å². The van der Waals surface area contributed by atoms with Gasteiger partial charge in [-0.1, -0.05) is 23.7 Å². The predicted octanol–water partition coefficient (Wildman–Crippen LogP) is 4.93. The quantitative estimate of drug-likeness (QED) is 0.746. The van der Waals surface area contributed by atoms with Crippen molar-refractivity contribution in [2.24, 2.45) is 5.92 Å². The molecule has 150 valence electrons. The molecule has 1 amide bonds. The van der Waals surface area contributed by atoms with Crippen molar-refractivity contribution < 1.29 is 14.6 Å². The molecule has 1 fully saturated rings. The first-order valence-electron chi connectivity index (χ1n) is 9.79. The first-order valence-corrected chi connectivity index (χ1v) is 10.2. The molecule has 2 aromatic rings. The number of hydrogen-bond acceptors (Lipinski definition) is 3. The molecule has 0 bridgehead atoms. The minimum absolute atomic E-state index is 0.0758. The second kappa shape index (κ2) is 8.97. The highest BCUT2D eigenvalue weighted by atomic mass is 35.5. The molecule has 0 atom stereocenters. The van der Waals surface area contributed by atoms with Gasteiger partial charge in [-0.2, -0.15) is 0 Å². The Morgan fingerprint density at radius 1 is 1.11 bits per heavy atom. The third-order valence-corrected chi connectivity index (χ3v) is 5.36. The average Bonchev–Trinajstić information content (AvgIpc) is 2.67. The van der Waals surface area contributed by atoms with Crippen LogP contribution in [0.2, 0.25) is 5.02 Å². The molecule has 28 heavy (non-hydrogen) atoms. The molecular formula is C23H28ClNO3. The number of amides is 1. The zero-order chi connectivity index (χ0) is 20.1. The summed E-state index contributed by atoms with van der Waals surface area (Å²) < 4.78 is 5.74. The van der Waals surface area contributed by atoms with E-state index in [0.717, 1.165) is 43.7 Å². The van der Waals surface area contributed by atoms with E-state index in [1.807, 2.05) is 55.1 Å². The first-order chi connectivity index (χ1) is 13.3. The third-order valence-electron chi connectivity index (χ3n) is 5.11. The SMILES string of the molecule is CC(C)(O)CC1CCN(C(=O)c2ccc(COc3ccc(Cl)cc3)cc2)CC1. The van der Waals surface area contributed by atoms with Crippen molar-refractivity contribution in [2.45, 2.75) is 45.3 Å². The maximum absolute atomic E-state index is 12.7. The van der Waals surface area contributed by atoms with Crippen molar-refractivity contribution in [1.29, 1.82) is 0 Å². The maximum Gasteiger partial charge on any atom is 0.253 e. The minimum Gasteiger partial charge on any atom is -0.489 e. The van der Waals surface area contributed by atoms with Crippen LogP contribution in [0.25, 0.3) is 0 Å². The second-order valence-electron chi connectivity index (χ2n) is 8.19. The maximum atomic E-state index is 12.7. The van der Waals surface area contributed by atoms with Crippen molar-refractivity contribution >= 4 is 17.5 Å². The Labute approximate surface area is 172 Å². The van der Waals surface area contributed by atoms with Crippen molar-refractivity contribution in [1.82, 2.24) is 4.90 Å². The van der Waals surface area contributed by atoms with Crippen molar-refractivity contribution in [3.63, 3.8) is 0 Å². The molecule has 0 radical (unpaired) electrons. The molecular weight excluding hydrogens is 374 g/mol. The van der Waals surface area contributed by atoms with Crippen LogP contribution >= 0.6 is 11.6 Å². The summed E-state index contributed by atoms with van der Waals surface area (Å²) in [6.07, 6.45) is 2.68. The fraction of sp³-hybridized carbons (Fsp3) is 0.435. The molecule has 0 aliphatic carbocycles. The smallest absolute Gasteiger partial charge is 0.253 e. The van der Waals surface area contributed by atoms with Crippen molar-refractivity contribution in [3.8, 4) is 5.75 Å². The highest BCUT2D eigenvalue weighted by Crippen LogP contribution is 2.27. The number of piperidine rings is 1. The standard InChI is InChI=1S/C23H28ClNO3/c1-23(2,27)15-17-11-13-25(14-12-17)22(26)19-5-3-18(4-6-19)16-28-21-9-7-20(24)8-10-21/h3-10,17,27H,11-16H2,1-2H3. The highest BCUT2D eigenvalue weighted by molar-refractivity contribution is 6.30. The van der Waals surface area contributed by atoms with Crippen LogP contribution in [0.4, 0.5) is 0 Å². The summed E-state index contributed by atoms with van der Waals surface area (Å²) in [4.78, 5) is 14.7. The lowest BCUT2D eigenvalue weighted by atomic mass is 9.86. The van der Waals surface area contributed by atoms with Crippen LogP contribution in [0.3, 0.4) is 0 Å². The van der Waals surface area contributed by atoms with Gasteiger partial charge in [0.25, 0.3) is 5.91 Å². The molecule has 0 spiro atoms. The monoisotopic (exact) mass is 401 g/mol. The fourth-order valence-electron chi connectivity index (χ4n) is 3.67. The zero-order valence-electron chi connectivity index (χ0n) is 16.5. The third kappa shape index (κ3) is 5.98. The van der Waals surface area contributed by atoms with Crippen LogP contribution in [0.5, 0.6) is 5.75 Å². The van der Waals surface area contributed by atoms with E-state index in [-0.39, 0.29) is 5.91 Å². The van der Waals surface area contributed by atoms with E-state index < -0.39 is 5.60 Å². The molecule has 1 heterocycles. The van der Waals surface area contributed by atoms with E-state index in [9.17, 15) is 9.90 Å². The van der Waals surface area contributed by atoms with Crippen LogP contribution < -0.4 is 4.74 Å². The van der Waals surface area contributed by atoms with Crippen LogP contribution in [0.15, 0.2) is 48.5 Å². The van der Waals surface area contributed by atoms with Gasteiger partial charge >= 0.3 is 0 Å². The number of benzene rings is 2. The van der Waals surface area contributed by atoms with Crippen molar-refractivity contribution in [3.05, 3.63) is 64.7 Å². The van der Waals surface area contributed by atoms with Gasteiger partial charge in [0.1, 0.15) is 12.4 Å². The fourth-order valence-corrected chi connectivity index (χ4v) is 3.80. The topological polar surface area (TPSA) is 49.8 Å². The molecule has 1 aliphatic heterocycles. The zero-order valence-corrected chi connectivity index (χ0v) is 17.3. The summed E-state index contributed by atoms with van der Waals surface area (Å²) in [6, 6.07) is 14.9. The van der Waals surface area contributed by atoms with E-state index >= 15 is 0 Å². The lowest BCUT2D eigenvalue weighted by Crippen LogP contribution is -2.40. The molecule has 4 nitrogen and oxygen atoms in total. The van der Waals surface area contributed by atoms with Gasteiger partial charge in [-0.3, -0.25) is 4.79 Å². The Morgan fingerprint density at radius 2 is 1.71 bits per heavy atom. The number of carbonyl (C=O) groups excluding carboxylic acids is 1. The molecule has 2 aromatic carbocycles. The van der Waals surface area contributed by atoms with E-state index in [1.165, 1.54) is 0 Å². The molecule has 1 N–H and O–H groups in total.